The third-order valence-corrected chi connectivity index (χ3v) is 5.83. The Labute approximate surface area is 149 Å². The standard InChI is InChI=1S/C17H26N2O2S.ClH/c1-3-21-13(2)16(20)19(11-14-4-9-22-12-14)15-10-17(15)5-7-18-8-6-17;/h4,9,12-13,15,18H,3,5-8,10-11H2,1-2H3;1H. The molecule has 0 aromatic carbocycles. The quantitative estimate of drug-likeness (QED) is 0.849. The van der Waals surface area contributed by atoms with E-state index >= 15 is 0 Å². The zero-order chi connectivity index (χ0) is 15.6. The maximum atomic E-state index is 12.9. The van der Waals surface area contributed by atoms with Crippen molar-refractivity contribution in [2.24, 2.45) is 5.41 Å². The number of carbonyl (C=O) groups is 1. The first-order chi connectivity index (χ1) is 10.7. The molecule has 2 atom stereocenters. The summed E-state index contributed by atoms with van der Waals surface area (Å²) in [5, 5.41) is 7.65. The summed E-state index contributed by atoms with van der Waals surface area (Å²) < 4.78 is 5.56. The van der Waals surface area contributed by atoms with Gasteiger partial charge in [-0.05, 0) is 74.0 Å². The van der Waals surface area contributed by atoms with E-state index in [2.05, 4.69) is 27.0 Å². The van der Waals surface area contributed by atoms with Crippen LogP contribution in [0.3, 0.4) is 0 Å². The van der Waals surface area contributed by atoms with Gasteiger partial charge in [0.25, 0.3) is 5.91 Å². The highest BCUT2D eigenvalue weighted by Crippen LogP contribution is 2.56. The summed E-state index contributed by atoms with van der Waals surface area (Å²) >= 11 is 1.69. The van der Waals surface area contributed by atoms with Crippen LogP contribution < -0.4 is 5.32 Å². The molecule has 1 N–H and O–H groups in total. The summed E-state index contributed by atoms with van der Waals surface area (Å²) in [5.74, 6) is 0.147. The molecule has 1 saturated heterocycles. The summed E-state index contributed by atoms with van der Waals surface area (Å²) in [4.78, 5) is 14.9. The Hall–Kier alpha value is -0.620. The fourth-order valence-electron chi connectivity index (χ4n) is 3.70. The lowest BCUT2D eigenvalue weighted by Gasteiger charge is -2.31. The van der Waals surface area contributed by atoms with Gasteiger partial charge >= 0.3 is 0 Å². The topological polar surface area (TPSA) is 41.6 Å². The zero-order valence-electron chi connectivity index (χ0n) is 13.9. The molecule has 2 unspecified atom stereocenters. The monoisotopic (exact) mass is 358 g/mol. The first kappa shape index (κ1) is 18.7. The Morgan fingerprint density at radius 1 is 1.52 bits per heavy atom. The van der Waals surface area contributed by atoms with E-state index in [4.69, 9.17) is 4.74 Å². The zero-order valence-corrected chi connectivity index (χ0v) is 15.5. The predicted molar refractivity (Wildman–Crippen MR) is 96.1 cm³/mol. The van der Waals surface area contributed by atoms with E-state index in [0.717, 1.165) is 26.1 Å². The van der Waals surface area contributed by atoms with Crippen molar-refractivity contribution in [2.45, 2.75) is 51.8 Å². The molecular formula is C17H27ClN2O2S. The van der Waals surface area contributed by atoms with Crippen molar-refractivity contribution in [3.8, 4) is 0 Å². The number of piperidine rings is 1. The van der Waals surface area contributed by atoms with Gasteiger partial charge in [-0.25, -0.2) is 0 Å². The second-order valence-corrected chi connectivity index (χ2v) is 7.31. The number of halogens is 1. The fourth-order valence-corrected chi connectivity index (χ4v) is 4.36. The van der Waals surface area contributed by atoms with Crippen molar-refractivity contribution in [3.63, 3.8) is 0 Å². The van der Waals surface area contributed by atoms with Crippen molar-refractivity contribution < 1.29 is 9.53 Å². The number of thiophene rings is 1. The van der Waals surface area contributed by atoms with Crippen LogP contribution in [-0.2, 0) is 16.1 Å². The minimum atomic E-state index is -0.344. The maximum absolute atomic E-state index is 12.9. The molecule has 1 aliphatic heterocycles. The highest BCUT2D eigenvalue weighted by atomic mass is 35.5. The van der Waals surface area contributed by atoms with Crippen molar-refractivity contribution >= 4 is 29.7 Å². The first-order valence-electron chi connectivity index (χ1n) is 8.30. The highest BCUT2D eigenvalue weighted by Gasteiger charge is 2.58. The minimum absolute atomic E-state index is 0. The fraction of sp³-hybridized carbons (Fsp3) is 0.706. The van der Waals surface area contributed by atoms with Crippen LogP contribution in [0.15, 0.2) is 16.8 Å². The third kappa shape index (κ3) is 4.08. The smallest absolute Gasteiger partial charge is 0.251 e. The molecule has 4 nitrogen and oxygen atoms in total. The lowest BCUT2D eigenvalue weighted by molar-refractivity contribution is -0.144. The Morgan fingerprint density at radius 2 is 2.26 bits per heavy atom. The van der Waals surface area contributed by atoms with Gasteiger partial charge in [0.1, 0.15) is 6.10 Å². The number of rotatable bonds is 6. The largest absolute Gasteiger partial charge is 0.369 e. The number of ether oxygens (including phenoxy) is 1. The van der Waals surface area contributed by atoms with Gasteiger partial charge < -0.3 is 15.0 Å². The summed E-state index contributed by atoms with van der Waals surface area (Å²) in [7, 11) is 0. The molecule has 1 aromatic rings. The molecule has 2 heterocycles. The van der Waals surface area contributed by atoms with Crippen LogP contribution in [0.4, 0.5) is 0 Å². The van der Waals surface area contributed by atoms with Gasteiger partial charge in [-0.15, -0.1) is 12.4 Å². The molecule has 130 valence electrons. The maximum Gasteiger partial charge on any atom is 0.251 e. The van der Waals surface area contributed by atoms with Crippen LogP contribution in [0.5, 0.6) is 0 Å². The van der Waals surface area contributed by atoms with Crippen LogP contribution in [-0.4, -0.2) is 42.6 Å². The van der Waals surface area contributed by atoms with Gasteiger partial charge in [-0.1, -0.05) is 0 Å². The Bertz CT molecular complexity index is 503. The molecule has 1 spiro atoms. The average Bonchev–Trinajstić information content (AvgIpc) is 2.97. The van der Waals surface area contributed by atoms with E-state index in [1.54, 1.807) is 11.3 Å². The van der Waals surface area contributed by atoms with E-state index < -0.39 is 0 Å². The van der Waals surface area contributed by atoms with E-state index in [9.17, 15) is 4.79 Å². The predicted octanol–water partition coefficient (Wildman–Crippen LogP) is 3.07. The van der Waals surface area contributed by atoms with E-state index in [0.29, 0.717) is 18.1 Å². The molecule has 1 aromatic heterocycles. The van der Waals surface area contributed by atoms with Crippen molar-refractivity contribution in [3.05, 3.63) is 22.4 Å². The molecule has 0 radical (unpaired) electrons. The number of carbonyl (C=O) groups excluding carboxylic acids is 1. The molecule has 1 amide bonds. The second kappa shape index (κ2) is 7.97. The van der Waals surface area contributed by atoms with Crippen molar-refractivity contribution in [2.75, 3.05) is 19.7 Å². The van der Waals surface area contributed by atoms with Crippen LogP contribution >= 0.6 is 23.7 Å². The number of hydrogen-bond donors (Lipinski definition) is 1. The third-order valence-electron chi connectivity index (χ3n) is 5.10. The van der Waals surface area contributed by atoms with Crippen LogP contribution in [0.25, 0.3) is 0 Å². The Balaban J connectivity index is 0.00000192. The van der Waals surface area contributed by atoms with Gasteiger partial charge in [0.2, 0.25) is 0 Å². The lowest BCUT2D eigenvalue weighted by Crippen LogP contribution is -2.43. The number of amides is 1. The summed E-state index contributed by atoms with van der Waals surface area (Å²) in [6.45, 7) is 7.29. The van der Waals surface area contributed by atoms with Crippen LogP contribution in [0.1, 0.15) is 38.7 Å². The minimum Gasteiger partial charge on any atom is -0.369 e. The van der Waals surface area contributed by atoms with Gasteiger partial charge in [0.05, 0.1) is 0 Å². The molecule has 2 aliphatic rings. The molecule has 3 rings (SSSR count). The average molecular weight is 359 g/mol. The van der Waals surface area contributed by atoms with E-state index in [-0.39, 0.29) is 24.4 Å². The summed E-state index contributed by atoms with van der Waals surface area (Å²) in [5.41, 5.74) is 1.60. The van der Waals surface area contributed by atoms with E-state index in [1.165, 1.54) is 18.4 Å². The number of nitrogens with zero attached hydrogens (tertiary/aromatic N) is 1. The highest BCUT2D eigenvalue weighted by molar-refractivity contribution is 7.07. The molecule has 6 heteroatoms. The molecule has 1 aliphatic carbocycles. The van der Waals surface area contributed by atoms with Crippen molar-refractivity contribution in [1.29, 1.82) is 0 Å². The van der Waals surface area contributed by atoms with Gasteiger partial charge in [0.15, 0.2) is 0 Å². The number of nitrogens with one attached hydrogen (secondary N) is 1. The molecular weight excluding hydrogens is 332 g/mol. The Morgan fingerprint density at radius 3 is 2.87 bits per heavy atom. The Kier molecular flexibility index (Phi) is 6.48. The van der Waals surface area contributed by atoms with Gasteiger partial charge in [0, 0.05) is 19.2 Å². The summed E-state index contributed by atoms with van der Waals surface area (Å²) in [6, 6.07) is 2.51. The molecule has 2 fully saturated rings. The summed E-state index contributed by atoms with van der Waals surface area (Å²) in [6.07, 6.45) is 3.19. The number of hydrogen-bond acceptors (Lipinski definition) is 4. The van der Waals surface area contributed by atoms with Gasteiger partial charge in [-0.2, -0.15) is 11.3 Å². The first-order valence-corrected chi connectivity index (χ1v) is 9.24. The SMILES string of the molecule is CCOC(C)C(=O)N(Cc1ccsc1)C1CC12CCNCC2.Cl. The molecule has 23 heavy (non-hydrogen) atoms. The van der Waals surface area contributed by atoms with Crippen LogP contribution in [0.2, 0.25) is 0 Å². The van der Waals surface area contributed by atoms with Crippen molar-refractivity contribution in [1.82, 2.24) is 10.2 Å². The second-order valence-electron chi connectivity index (χ2n) is 6.53. The van der Waals surface area contributed by atoms with Crippen LogP contribution in [0, 0.1) is 5.41 Å². The normalized spacial score (nSPS) is 23.1. The lowest BCUT2D eigenvalue weighted by atomic mass is 9.93. The van der Waals surface area contributed by atoms with Gasteiger partial charge in [-0.3, -0.25) is 4.79 Å². The molecule has 1 saturated carbocycles. The molecule has 0 bridgehead atoms. The van der Waals surface area contributed by atoms with E-state index in [1.807, 2.05) is 13.8 Å².